The molecule has 0 aromatic heterocycles. The molecule has 0 radical (unpaired) electrons. The van der Waals surface area contributed by atoms with E-state index in [4.69, 9.17) is 11.4 Å². The van der Waals surface area contributed by atoms with Crippen LogP contribution in [0.4, 0.5) is 0 Å². The molecule has 0 N–H and O–H groups in total. The van der Waals surface area contributed by atoms with Crippen molar-refractivity contribution in [2.45, 2.75) is 83.0 Å². The molecule has 0 heterocycles. The van der Waals surface area contributed by atoms with Gasteiger partial charge in [0, 0.05) is 12.0 Å². The van der Waals surface area contributed by atoms with Gasteiger partial charge in [-0.1, -0.05) is 65.8 Å². The van der Waals surface area contributed by atoms with Crippen LogP contribution in [0, 0.1) is 0 Å². The lowest BCUT2D eigenvalue weighted by atomic mass is 9.95. The quantitative estimate of drug-likeness (QED) is 0.381. The minimum Gasteiger partial charge on any atom is -0.415 e. The van der Waals surface area contributed by atoms with Crippen molar-refractivity contribution >= 4 is 18.4 Å². The third-order valence-corrected chi connectivity index (χ3v) is 12.2. The number of hydrogen-bond acceptors (Lipinski definition) is 4. The molecule has 0 amide bonds. The van der Waals surface area contributed by atoms with Gasteiger partial charge in [-0.05, 0) is 40.6 Å². The molecule has 6 heteroatoms. The third kappa shape index (κ3) is 5.22. The molecule has 27 heavy (non-hydrogen) atoms. The lowest BCUT2D eigenvalue weighted by Crippen LogP contribution is -2.49. The Hall–Kier alpha value is -0.693. The summed E-state index contributed by atoms with van der Waals surface area (Å²) in [6.45, 7) is 11.1. The van der Waals surface area contributed by atoms with E-state index in [9.17, 15) is 8.42 Å². The standard InChI is InChI=1S/C21H36O4SSi/c1-16(2)27(17(3)4,18(5)6)25-15-21(11-12-21)20-10-8-9-19(13-20)14-24-26(7,22)23/h8-10,13,16-18H,11-12,14-15H2,1-7H3/i15D2. The van der Waals surface area contributed by atoms with Crippen molar-refractivity contribution in [1.82, 2.24) is 0 Å². The van der Waals surface area contributed by atoms with Gasteiger partial charge in [0.1, 0.15) is 0 Å². The average molecular weight is 415 g/mol. The minimum absolute atomic E-state index is 0.0463. The van der Waals surface area contributed by atoms with E-state index in [1.165, 1.54) is 0 Å². The molecular weight excluding hydrogens is 376 g/mol. The largest absolute Gasteiger partial charge is 0.415 e. The normalized spacial score (nSPS) is 18.7. The van der Waals surface area contributed by atoms with Gasteiger partial charge < -0.3 is 4.43 Å². The Labute approximate surface area is 169 Å². The van der Waals surface area contributed by atoms with Crippen molar-refractivity contribution < 1.29 is 19.8 Å². The SMILES string of the molecule is [2H]C([2H])(O[Si](C(C)C)(C(C)C)C(C)C)C1(c2cccc(COS(C)(=O)=O)c2)CC1. The van der Waals surface area contributed by atoms with Gasteiger partial charge in [0.2, 0.25) is 0 Å². The fourth-order valence-electron chi connectivity index (χ4n) is 4.25. The average Bonchev–Trinajstić information content (AvgIpc) is 3.39. The zero-order valence-electron chi connectivity index (χ0n) is 19.7. The molecule has 0 aliphatic heterocycles. The van der Waals surface area contributed by atoms with E-state index in [0.29, 0.717) is 16.6 Å². The van der Waals surface area contributed by atoms with Crippen molar-refractivity contribution in [3.63, 3.8) is 0 Å². The molecule has 0 atom stereocenters. The summed E-state index contributed by atoms with van der Waals surface area (Å²) < 4.78 is 52.1. The highest BCUT2D eigenvalue weighted by molar-refractivity contribution is 7.85. The van der Waals surface area contributed by atoms with E-state index in [1.54, 1.807) is 6.07 Å². The third-order valence-electron chi connectivity index (χ3n) is 5.80. The zero-order valence-corrected chi connectivity index (χ0v) is 19.5. The first-order valence-corrected chi connectivity index (χ1v) is 13.8. The zero-order chi connectivity index (χ0) is 22.3. The van der Waals surface area contributed by atoms with Crippen LogP contribution in [0.15, 0.2) is 24.3 Å². The predicted octanol–water partition coefficient (Wildman–Crippen LogP) is 5.39. The molecule has 1 aromatic carbocycles. The predicted molar refractivity (Wildman–Crippen MR) is 114 cm³/mol. The van der Waals surface area contributed by atoms with Gasteiger partial charge in [0.05, 0.1) is 15.6 Å². The molecule has 1 fully saturated rings. The second kappa shape index (κ2) is 8.35. The van der Waals surface area contributed by atoms with Crippen molar-refractivity contribution in [2.75, 3.05) is 12.8 Å². The van der Waals surface area contributed by atoms with E-state index in [0.717, 1.165) is 30.2 Å². The highest BCUT2D eigenvalue weighted by atomic mass is 32.2. The lowest BCUT2D eigenvalue weighted by molar-refractivity contribution is 0.244. The molecule has 1 aliphatic rings. The Kier molecular flexibility index (Phi) is 6.07. The summed E-state index contributed by atoms with van der Waals surface area (Å²) in [4.78, 5) is 0. The van der Waals surface area contributed by atoms with Crippen molar-refractivity contribution in [3.05, 3.63) is 35.4 Å². The topological polar surface area (TPSA) is 52.6 Å². The van der Waals surface area contributed by atoms with Gasteiger partial charge in [-0.3, -0.25) is 4.18 Å². The second-order valence-electron chi connectivity index (χ2n) is 8.77. The van der Waals surface area contributed by atoms with Gasteiger partial charge in [-0.15, -0.1) is 0 Å². The Balaban J connectivity index is 2.37. The molecule has 1 saturated carbocycles. The maximum atomic E-state index is 11.3. The minimum atomic E-state index is -3.53. The van der Waals surface area contributed by atoms with Gasteiger partial charge in [0.25, 0.3) is 10.1 Å². The molecule has 0 spiro atoms. The van der Waals surface area contributed by atoms with E-state index >= 15 is 0 Å². The Bertz CT molecular complexity index is 796. The van der Waals surface area contributed by atoms with Crippen LogP contribution < -0.4 is 0 Å². The van der Waals surface area contributed by atoms with Crippen LogP contribution in [0.5, 0.6) is 0 Å². The van der Waals surface area contributed by atoms with Crippen molar-refractivity contribution in [2.24, 2.45) is 0 Å². The van der Waals surface area contributed by atoms with E-state index < -0.39 is 30.4 Å². The Morgan fingerprint density at radius 1 is 1.11 bits per heavy atom. The van der Waals surface area contributed by atoms with E-state index in [1.807, 2.05) is 18.2 Å². The van der Waals surface area contributed by atoms with E-state index in [2.05, 4.69) is 41.5 Å². The summed E-state index contributed by atoms with van der Waals surface area (Å²) in [5.74, 6) is 0. The fraction of sp³-hybridized carbons (Fsp3) is 0.714. The first-order valence-electron chi connectivity index (χ1n) is 10.8. The summed E-state index contributed by atoms with van der Waals surface area (Å²) in [5, 5.41) is 0. The first kappa shape index (κ1) is 19.6. The molecule has 0 unspecified atom stereocenters. The van der Waals surface area contributed by atoms with Crippen molar-refractivity contribution in [1.29, 1.82) is 0 Å². The van der Waals surface area contributed by atoms with Crippen LogP contribution in [-0.4, -0.2) is 29.5 Å². The monoisotopic (exact) mass is 414 g/mol. The molecule has 4 nitrogen and oxygen atoms in total. The summed E-state index contributed by atoms with van der Waals surface area (Å²) in [6, 6.07) is 7.42. The van der Waals surface area contributed by atoms with Crippen molar-refractivity contribution in [3.8, 4) is 0 Å². The molecule has 154 valence electrons. The summed E-state index contributed by atoms with van der Waals surface area (Å²) in [7, 11) is -5.93. The highest BCUT2D eigenvalue weighted by Gasteiger charge is 2.50. The molecule has 2 rings (SSSR count). The molecule has 1 aromatic rings. The maximum absolute atomic E-state index is 11.3. The van der Waals surface area contributed by atoms with Crippen LogP contribution in [0.25, 0.3) is 0 Å². The molecule has 0 saturated heterocycles. The smallest absolute Gasteiger partial charge is 0.264 e. The molecule has 1 aliphatic carbocycles. The van der Waals surface area contributed by atoms with E-state index in [-0.39, 0.29) is 6.61 Å². The first-order chi connectivity index (χ1) is 13.2. The second-order valence-corrected chi connectivity index (χ2v) is 15.8. The lowest BCUT2D eigenvalue weighted by Gasteiger charge is -2.43. The number of rotatable bonds is 10. The molecular formula is C21H36O4SSi. The van der Waals surface area contributed by atoms with Gasteiger partial charge >= 0.3 is 0 Å². The maximum Gasteiger partial charge on any atom is 0.264 e. The van der Waals surface area contributed by atoms with Crippen LogP contribution >= 0.6 is 0 Å². The Morgan fingerprint density at radius 3 is 2.11 bits per heavy atom. The number of benzene rings is 1. The van der Waals surface area contributed by atoms with Gasteiger partial charge in [0.15, 0.2) is 8.32 Å². The van der Waals surface area contributed by atoms with Gasteiger partial charge in [-0.2, -0.15) is 8.42 Å². The van der Waals surface area contributed by atoms with Gasteiger partial charge in [-0.25, -0.2) is 0 Å². The van der Waals surface area contributed by atoms with Crippen LogP contribution in [0.1, 0.15) is 68.3 Å². The summed E-state index contributed by atoms with van der Waals surface area (Å²) in [5.41, 5.74) is 1.77. The fourth-order valence-corrected chi connectivity index (χ4v) is 9.68. The molecule has 0 bridgehead atoms. The summed E-state index contributed by atoms with van der Waals surface area (Å²) >= 11 is 0. The highest BCUT2D eigenvalue weighted by Crippen LogP contribution is 2.51. The summed E-state index contributed by atoms with van der Waals surface area (Å²) in [6.07, 6.45) is 2.46. The Morgan fingerprint density at radius 2 is 1.67 bits per heavy atom. The number of hydrogen-bond donors (Lipinski definition) is 0. The van der Waals surface area contributed by atoms with Crippen LogP contribution in [0.2, 0.25) is 16.6 Å². The van der Waals surface area contributed by atoms with Crippen LogP contribution in [-0.2, 0) is 30.7 Å². The van der Waals surface area contributed by atoms with Crippen LogP contribution in [0.3, 0.4) is 0 Å².